The smallest absolute Gasteiger partial charge is 0.195 e. The lowest BCUT2D eigenvalue weighted by Gasteiger charge is -2.42. The van der Waals surface area contributed by atoms with Gasteiger partial charge in [-0.3, -0.25) is 9.69 Å². The molecule has 6 rings (SSSR count). The highest BCUT2D eigenvalue weighted by atomic mass is 16.5. The fraction of sp³-hybridized carbons (Fsp3) is 0.467. The molecule has 0 spiro atoms. The molecule has 1 aliphatic carbocycles. The van der Waals surface area contributed by atoms with Gasteiger partial charge in [0.05, 0.1) is 35.8 Å². The summed E-state index contributed by atoms with van der Waals surface area (Å²) in [6, 6.07) is 4.97. The Morgan fingerprint density at radius 2 is 1.94 bits per heavy atom. The zero-order chi connectivity index (χ0) is 40.3. The second kappa shape index (κ2) is 8.76. The number of carbonyl (C=O) groups excluding carboxylic acids is 1. The van der Waals surface area contributed by atoms with Crippen LogP contribution in [0.2, 0.25) is 0 Å². The van der Waals surface area contributed by atoms with Gasteiger partial charge in [0.1, 0.15) is 0 Å². The summed E-state index contributed by atoms with van der Waals surface area (Å²) in [6.45, 7) is -18.8. The van der Waals surface area contributed by atoms with Crippen molar-refractivity contribution in [2.45, 2.75) is 51.4 Å². The van der Waals surface area contributed by atoms with E-state index in [1.165, 1.54) is 12.1 Å². The summed E-state index contributed by atoms with van der Waals surface area (Å²) in [7, 11) is 0. The van der Waals surface area contributed by atoms with Crippen molar-refractivity contribution in [3.05, 3.63) is 63.8 Å². The van der Waals surface area contributed by atoms with Crippen molar-refractivity contribution >= 4 is 22.4 Å². The van der Waals surface area contributed by atoms with E-state index < -0.39 is 79.7 Å². The first-order valence-electron chi connectivity index (χ1n) is 19.9. The molecule has 3 heterocycles. The molecule has 0 radical (unpaired) electrons. The van der Waals surface area contributed by atoms with Gasteiger partial charge in [0.2, 0.25) is 0 Å². The van der Waals surface area contributed by atoms with E-state index in [1.807, 2.05) is 6.07 Å². The van der Waals surface area contributed by atoms with E-state index in [1.54, 1.807) is 39.0 Å². The number of anilines is 1. The van der Waals surface area contributed by atoms with Crippen LogP contribution in [0.1, 0.15) is 95.1 Å². The van der Waals surface area contributed by atoms with E-state index in [2.05, 4.69) is 9.72 Å². The van der Waals surface area contributed by atoms with Crippen LogP contribution in [0.3, 0.4) is 0 Å². The monoisotopic (exact) mass is 499 g/mol. The van der Waals surface area contributed by atoms with Crippen molar-refractivity contribution in [1.29, 1.82) is 5.26 Å². The van der Waals surface area contributed by atoms with E-state index in [-0.39, 0.29) is 28.0 Å². The number of aryl methyl sites for hydroxylation is 1. The number of aromatic amines is 1. The van der Waals surface area contributed by atoms with E-state index in [9.17, 15) is 11.4 Å². The molecule has 186 valence electrons. The van der Waals surface area contributed by atoms with Crippen molar-refractivity contribution in [2.75, 3.05) is 44.0 Å². The number of piperidine rings is 1. The van der Waals surface area contributed by atoms with Crippen LogP contribution in [0.15, 0.2) is 30.3 Å². The lowest BCUT2D eigenvalue weighted by Crippen LogP contribution is -2.49. The lowest BCUT2D eigenvalue weighted by molar-refractivity contribution is 0.0115. The molecule has 0 bridgehead atoms. The molecule has 3 aliphatic rings. The number of ether oxygens (including phenoxy) is 1. The largest absolute Gasteiger partial charge is 0.379 e. The van der Waals surface area contributed by atoms with Crippen LogP contribution in [-0.4, -0.2) is 60.8 Å². The summed E-state index contributed by atoms with van der Waals surface area (Å²) in [6.07, 6.45) is -8.47. The van der Waals surface area contributed by atoms with Crippen molar-refractivity contribution in [2.24, 2.45) is 0 Å². The fourth-order valence-electron chi connectivity index (χ4n) is 4.88. The Morgan fingerprint density at radius 3 is 2.64 bits per heavy atom. The van der Waals surface area contributed by atoms with Crippen LogP contribution in [0, 0.1) is 11.3 Å². The highest BCUT2D eigenvalue weighted by Gasteiger charge is 2.40. The third-order valence-corrected chi connectivity index (χ3v) is 6.75. The van der Waals surface area contributed by atoms with Crippen molar-refractivity contribution in [3.8, 4) is 6.07 Å². The lowest BCUT2D eigenvalue weighted by atomic mass is 9.70. The van der Waals surface area contributed by atoms with Crippen molar-refractivity contribution in [3.63, 3.8) is 0 Å². The Hall–Kier alpha value is -3.14. The number of nitrogens with zero attached hydrogens (tertiary/aromatic N) is 3. The minimum atomic E-state index is -4.40. The van der Waals surface area contributed by atoms with Gasteiger partial charge in [-0.1, -0.05) is 26.8 Å². The van der Waals surface area contributed by atoms with Crippen LogP contribution in [0.25, 0.3) is 10.9 Å². The number of nitrogens with one attached hydrogen (secondary N) is 1. The summed E-state index contributed by atoms with van der Waals surface area (Å²) in [4.78, 5) is 16.7. The van der Waals surface area contributed by atoms with Crippen LogP contribution < -0.4 is 4.90 Å². The maximum atomic E-state index is 14.2. The molecule has 1 aromatic heterocycles. The Bertz CT molecular complexity index is 2080. The number of fused-ring (bicyclic) bond motifs is 4. The Labute approximate surface area is 236 Å². The van der Waals surface area contributed by atoms with Gasteiger partial charge in [-0.15, -0.1) is 0 Å². The molecule has 3 aromatic rings. The normalized spacial score (nSPS) is 39.3. The molecule has 2 aliphatic heterocycles. The molecule has 0 unspecified atom stereocenters. The quantitative estimate of drug-likeness (QED) is 0.562. The average Bonchev–Trinajstić information content (AvgIpc) is 3.41. The van der Waals surface area contributed by atoms with E-state index in [0.29, 0.717) is 27.7 Å². The molecule has 2 fully saturated rings. The number of H-pyrrole nitrogens is 1. The first-order chi connectivity index (χ1) is 23.8. The van der Waals surface area contributed by atoms with Gasteiger partial charge in [-0.05, 0) is 54.6 Å². The maximum Gasteiger partial charge on any atom is 0.195 e. The van der Waals surface area contributed by atoms with Crippen LogP contribution in [0.5, 0.6) is 0 Å². The maximum absolute atomic E-state index is 14.2. The zero-order valence-corrected chi connectivity index (χ0v) is 19.8. The van der Waals surface area contributed by atoms with Gasteiger partial charge >= 0.3 is 0 Å². The first kappa shape index (κ1) is 11.1. The van der Waals surface area contributed by atoms with E-state index >= 15 is 0 Å². The number of hydrogen-bond donors (Lipinski definition) is 1. The van der Waals surface area contributed by atoms with Gasteiger partial charge in [-0.25, -0.2) is 0 Å². The molecule has 1 N–H and O–H groups in total. The average molecular weight is 500 g/mol. The Balaban J connectivity index is 1.62. The molecule has 36 heavy (non-hydrogen) atoms. The second-order valence-electron chi connectivity index (χ2n) is 9.10. The molecule has 0 amide bonds. The van der Waals surface area contributed by atoms with E-state index in [0.717, 1.165) is 0 Å². The van der Waals surface area contributed by atoms with Crippen molar-refractivity contribution in [1.82, 2.24) is 9.88 Å². The molecule has 2 aromatic carbocycles. The third kappa shape index (κ3) is 3.56. The number of nitriles is 1. The molecular weight excluding hydrogens is 448 g/mol. The van der Waals surface area contributed by atoms with Gasteiger partial charge in [-0.2, -0.15) is 5.26 Å². The molecule has 6 heteroatoms. The van der Waals surface area contributed by atoms with Gasteiger partial charge in [0.25, 0.3) is 0 Å². The summed E-state index contributed by atoms with van der Waals surface area (Å²) in [5.41, 5.74) is 0.313. The summed E-state index contributed by atoms with van der Waals surface area (Å²) in [5.74, 6) is -0.465. The van der Waals surface area contributed by atoms with Gasteiger partial charge in [0.15, 0.2) is 5.78 Å². The van der Waals surface area contributed by atoms with Crippen LogP contribution in [-0.2, 0) is 16.6 Å². The summed E-state index contributed by atoms with van der Waals surface area (Å²) < 4.78 is 153. The number of rotatable bonds is 3. The number of morpholine rings is 1. The molecular formula is C30H34N4O2. The Morgan fingerprint density at radius 1 is 1.19 bits per heavy atom. The van der Waals surface area contributed by atoms with Gasteiger partial charge < -0.3 is 14.6 Å². The third-order valence-electron chi connectivity index (χ3n) is 6.75. The first-order valence-corrected chi connectivity index (χ1v) is 11.4. The fourth-order valence-corrected chi connectivity index (χ4v) is 4.88. The number of benzene rings is 2. The summed E-state index contributed by atoms with van der Waals surface area (Å²) >= 11 is 0. The number of carbonyl (C=O) groups is 1. The molecule has 0 saturated carbocycles. The van der Waals surface area contributed by atoms with Crippen molar-refractivity contribution < 1.29 is 32.8 Å². The number of hydrogen-bond acceptors (Lipinski definition) is 5. The Kier molecular flexibility index (Phi) is 2.70. The zero-order valence-electron chi connectivity index (χ0n) is 36.8. The SMILES string of the molecule is [2H]C1([2H])OC([2H])([2H])C([2H])([2H])N(C2([2H])C([2H])([2H])C([2H])([2H])N(c3cc4c(cc3CC)C(=O)c3c([nH]c5cc(C#N)ccc35)C4(C)C)C([2H])([2H])C2([2H])[2H])C1([2H])[2H]. The standard InChI is InChI=1S/C30H34N4O2/c1-4-20-16-23-24(17-26(20)34-9-7-21(8-10-34)33-11-13-36-14-12-33)30(2,3)29-27(28(23)35)22-6-5-19(18-31)15-25(22)32-29/h5-6,15-17,21,32H,4,7-14H2,1-3H3/i7D2,8D2,9D2,10D2,11D2,12D2,13D2,14D2,21D. The predicted octanol–water partition coefficient (Wildman–Crippen LogP) is 4.77. The molecule has 6 nitrogen and oxygen atoms in total. The second-order valence-corrected chi connectivity index (χ2v) is 9.10. The van der Waals surface area contributed by atoms with Gasteiger partial charge in [0, 0.05) is 83.1 Å². The highest BCUT2D eigenvalue weighted by Crippen LogP contribution is 2.46. The minimum absolute atomic E-state index is 0.0434. The van der Waals surface area contributed by atoms with Crippen LogP contribution in [0.4, 0.5) is 5.69 Å². The minimum Gasteiger partial charge on any atom is -0.379 e. The van der Waals surface area contributed by atoms with Crippen LogP contribution >= 0.6 is 0 Å². The van der Waals surface area contributed by atoms with E-state index in [4.69, 9.17) is 21.9 Å². The predicted molar refractivity (Wildman–Crippen MR) is 142 cm³/mol. The summed E-state index contributed by atoms with van der Waals surface area (Å²) in [5, 5.41) is 9.96. The topological polar surface area (TPSA) is 72.4 Å². The molecule has 0 atom stereocenters. The molecule has 2 saturated heterocycles. The number of aromatic nitrogens is 1. The highest BCUT2D eigenvalue weighted by molar-refractivity contribution is 6.20. The number of ketones is 1.